The summed E-state index contributed by atoms with van der Waals surface area (Å²) >= 11 is 0. The van der Waals surface area contributed by atoms with E-state index in [1.165, 1.54) is 5.57 Å². The third-order valence-corrected chi connectivity index (χ3v) is 6.43. The summed E-state index contributed by atoms with van der Waals surface area (Å²) in [5.41, 5.74) is 2.37. The van der Waals surface area contributed by atoms with Crippen molar-refractivity contribution in [1.29, 1.82) is 0 Å². The Morgan fingerprint density at radius 2 is 1.97 bits per heavy atom. The first-order valence-corrected chi connectivity index (χ1v) is 10.9. The molecule has 3 atom stereocenters. The van der Waals surface area contributed by atoms with E-state index in [1.807, 2.05) is 17.9 Å². The Bertz CT molecular complexity index is 740. The van der Waals surface area contributed by atoms with Crippen LogP contribution in [0.2, 0.25) is 0 Å². The Hall–Kier alpha value is -2.08. The van der Waals surface area contributed by atoms with Crippen LogP contribution >= 0.6 is 0 Å². The molecule has 2 saturated heterocycles. The number of fused-ring (bicyclic) bond motifs is 1. The molecule has 0 aromatic carbocycles. The molecule has 3 rings (SSSR count). The molecule has 3 aliphatic rings. The van der Waals surface area contributed by atoms with E-state index in [4.69, 9.17) is 0 Å². The second kappa shape index (κ2) is 9.16. The van der Waals surface area contributed by atoms with Gasteiger partial charge in [-0.3, -0.25) is 14.5 Å². The van der Waals surface area contributed by atoms with Gasteiger partial charge in [-0.15, -0.1) is 0 Å². The van der Waals surface area contributed by atoms with Gasteiger partial charge in [0.1, 0.15) is 12.2 Å². The highest BCUT2D eigenvalue weighted by Crippen LogP contribution is 2.27. The summed E-state index contributed by atoms with van der Waals surface area (Å²) < 4.78 is 0. The highest BCUT2D eigenvalue weighted by Gasteiger charge is 2.45. The molecule has 6 heteroatoms. The second-order valence-corrected chi connectivity index (χ2v) is 8.82. The van der Waals surface area contributed by atoms with Gasteiger partial charge in [0.2, 0.25) is 11.8 Å². The fourth-order valence-corrected chi connectivity index (χ4v) is 4.44. The lowest BCUT2D eigenvalue weighted by Crippen LogP contribution is -2.70. The van der Waals surface area contributed by atoms with Gasteiger partial charge in [-0.1, -0.05) is 38.0 Å². The molecule has 160 valence electrons. The summed E-state index contributed by atoms with van der Waals surface area (Å²) in [5, 5.41) is 9.96. The Kier molecular flexibility index (Phi) is 6.83. The van der Waals surface area contributed by atoms with Crippen LogP contribution in [0, 0.1) is 5.92 Å². The van der Waals surface area contributed by atoms with Crippen LogP contribution < -0.4 is 0 Å². The molecule has 0 spiro atoms. The standard InChI is InChI=1S/C23H35N3O3/c1-5-16(2)13-25-15-21-24(11-10-22(28)26(21)18(4)23(25)29)14-19-7-9-20(27)8-6-17(3)12-19/h7,9,12,16,18,21,27H,5-6,8,10-11,13-15H2,1-4H3/b17-12+,19-7+,20-9+/t16?,18-,21?/m0/s1. The third kappa shape index (κ3) is 4.92. The number of piperazine rings is 1. The van der Waals surface area contributed by atoms with Crippen molar-refractivity contribution in [2.24, 2.45) is 5.92 Å². The van der Waals surface area contributed by atoms with Crippen molar-refractivity contribution in [3.63, 3.8) is 0 Å². The van der Waals surface area contributed by atoms with E-state index < -0.39 is 6.04 Å². The predicted molar refractivity (Wildman–Crippen MR) is 114 cm³/mol. The predicted octanol–water partition coefficient (Wildman–Crippen LogP) is 3.23. The Morgan fingerprint density at radius 1 is 1.21 bits per heavy atom. The van der Waals surface area contributed by atoms with Crippen LogP contribution in [-0.4, -0.2) is 70.0 Å². The zero-order valence-corrected chi connectivity index (χ0v) is 18.2. The molecular weight excluding hydrogens is 366 g/mol. The fraction of sp³-hybridized carbons (Fsp3) is 0.652. The molecule has 1 N–H and O–H groups in total. The molecule has 0 bridgehead atoms. The van der Waals surface area contributed by atoms with Crippen LogP contribution in [0.4, 0.5) is 0 Å². The number of nitrogens with zero attached hydrogens (tertiary/aromatic N) is 3. The summed E-state index contributed by atoms with van der Waals surface area (Å²) in [7, 11) is 0. The summed E-state index contributed by atoms with van der Waals surface area (Å²) in [4.78, 5) is 31.6. The topological polar surface area (TPSA) is 64.1 Å². The molecule has 0 aromatic rings. The second-order valence-electron chi connectivity index (χ2n) is 8.82. The Balaban J connectivity index is 1.83. The third-order valence-electron chi connectivity index (χ3n) is 6.43. The van der Waals surface area contributed by atoms with Crippen molar-refractivity contribution in [3.05, 3.63) is 35.1 Å². The van der Waals surface area contributed by atoms with E-state index in [-0.39, 0.29) is 18.0 Å². The summed E-state index contributed by atoms with van der Waals surface area (Å²) in [6.07, 6.45) is 8.86. The van der Waals surface area contributed by atoms with E-state index in [0.717, 1.165) is 25.0 Å². The van der Waals surface area contributed by atoms with Crippen LogP contribution in [0.1, 0.15) is 53.4 Å². The van der Waals surface area contributed by atoms with E-state index in [9.17, 15) is 14.7 Å². The number of carbonyl (C=O) groups excluding carboxylic acids is 2. The van der Waals surface area contributed by atoms with Crippen LogP contribution in [-0.2, 0) is 9.59 Å². The number of aliphatic hydroxyl groups is 1. The van der Waals surface area contributed by atoms with Crippen LogP contribution in [0.15, 0.2) is 35.1 Å². The molecule has 1 aliphatic carbocycles. The summed E-state index contributed by atoms with van der Waals surface area (Å²) in [6, 6.07) is -0.416. The largest absolute Gasteiger partial charge is 0.512 e. The highest BCUT2D eigenvalue weighted by molar-refractivity contribution is 5.89. The molecule has 0 radical (unpaired) electrons. The summed E-state index contributed by atoms with van der Waals surface area (Å²) in [6.45, 7) is 11.0. The maximum atomic E-state index is 12.9. The number of amides is 2. The van der Waals surface area contributed by atoms with E-state index in [2.05, 4.69) is 31.7 Å². The SMILES string of the molecule is CCC(C)CN1CC2N(CC3=C/C=C(/O)CC\C(C)=C\3)CCC(=O)N2[C@@H](C)C1=O. The maximum Gasteiger partial charge on any atom is 0.245 e. The van der Waals surface area contributed by atoms with Crippen LogP contribution in [0.25, 0.3) is 0 Å². The monoisotopic (exact) mass is 401 g/mol. The number of rotatable bonds is 5. The van der Waals surface area contributed by atoms with Crippen LogP contribution in [0.3, 0.4) is 0 Å². The lowest BCUT2D eigenvalue weighted by Gasteiger charge is -2.52. The molecule has 0 aromatic heterocycles. The molecule has 2 amide bonds. The molecule has 2 aliphatic heterocycles. The normalized spacial score (nSPS) is 32.9. The van der Waals surface area contributed by atoms with Gasteiger partial charge in [-0.05, 0) is 37.8 Å². The minimum Gasteiger partial charge on any atom is -0.512 e. The number of carbonyl (C=O) groups is 2. The first-order chi connectivity index (χ1) is 13.8. The van der Waals surface area contributed by atoms with Gasteiger partial charge in [0.25, 0.3) is 0 Å². The zero-order valence-electron chi connectivity index (χ0n) is 18.2. The lowest BCUT2D eigenvalue weighted by atomic mass is 10.00. The molecular formula is C23H35N3O3. The average molecular weight is 402 g/mol. The van der Waals surface area contributed by atoms with Crippen molar-refractivity contribution in [2.45, 2.75) is 65.6 Å². The van der Waals surface area contributed by atoms with Gasteiger partial charge >= 0.3 is 0 Å². The number of allylic oxidation sites excluding steroid dienone is 4. The minimum atomic E-state index is -0.416. The van der Waals surface area contributed by atoms with Crippen molar-refractivity contribution in [1.82, 2.24) is 14.7 Å². The molecule has 2 heterocycles. The highest BCUT2D eigenvalue weighted by atomic mass is 16.3. The van der Waals surface area contributed by atoms with Gasteiger partial charge in [0, 0.05) is 32.5 Å². The molecule has 29 heavy (non-hydrogen) atoms. The van der Waals surface area contributed by atoms with Gasteiger partial charge in [-0.2, -0.15) is 0 Å². The van der Waals surface area contributed by atoms with Gasteiger partial charge in [0.05, 0.1) is 12.3 Å². The quantitative estimate of drug-likeness (QED) is 0.768. The van der Waals surface area contributed by atoms with Gasteiger partial charge in [0.15, 0.2) is 0 Å². The molecule has 2 fully saturated rings. The fourth-order valence-electron chi connectivity index (χ4n) is 4.44. The van der Waals surface area contributed by atoms with E-state index in [0.29, 0.717) is 44.2 Å². The van der Waals surface area contributed by atoms with Crippen molar-refractivity contribution in [2.75, 3.05) is 26.2 Å². The first kappa shape index (κ1) is 21.6. The molecule has 6 nitrogen and oxygen atoms in total. The average Bonchev–Trinajstić information content (AvgIpc) is 2.68. The Labute approximate surface area is 174 Å². The van der Waals surface area contributed by atoms with E-state index >= 15 is 0 Å². The summed E-state index contributed by atoms with van der Waals surface area (Å²) in [5.74, 6) is 0.983. The maximum absolute atomic E-state index is 12.9. The van der Waals surface area contributed by atoms with Crippen LogP contribution in [0.5, 0.6) is 0 Å². The van der Waals surface area contributed by atoms with Gasteiger partial charge in [-0.25, -0.2) is 0 Å². The Morgan fingerprint density at radius 3 is 2.69 bits per heavy atom. The minimum absolute atomic E-state index is 0.0607. The molecule has 2 unspecified atom stereocenters. The number of aliphatic hydroxyl groups excluding tert-OH is 1. The van der Waals surface area contributed by atoms with Gasteiger partial charge < -0.3 is 14.9 Å². The van der Waals surface area contributed by atoms with Crippen molar-refractivity contribution in [3.8, 4) is 0 Å². The number of hydrogen-bond donors (Lipinski definition) is 1. The smallest absolute Gasteiger partial charge is 0.245 e. The van der Waals surface area contributed by atoms with E-state index in [1.54, 1.807) is 11.0 Å². The zero-order chi connectivity index (χ0) is 21.1. The van der Waals surface area contributed by atoms with Crippen molar-refractivity contribution >= 4 is 11.8 Å². The van der Waals surface area contributed by atoms with Crippen molar-refractivity contribution < 1.29 is 14.7 Å². The lowest BCUT2D eigenvalue weighted by molar-refractivity contribution is -0.168. The first-order valence-electron chi connectivity index (χ1n) is 10.9. The number of hydrogen-bond acceptors (Lipinski definition) is 4. The molecule has 0 saturated carbocycles.